The van der Waals surface area contributed by atoms with Crippen LogP contribution in [0, 0.1) is 19.8 Å². The lowest BCUT2D eigenvalue weighted by Gasteiger charge is -2.36. The maximum absolute atomic E-state index is 3.47. The second-order valence-electron chi connectivity index (χ2n) is 6.63. The van der Waals surface area contributed by atoms with E-state index in [0.717, 1.165) is 19.0 Å². The van der Waals surface area contributed by atoms with Gasteiger partial charge in [-0.3, -0.25) is 4.90 Å². The average Bonchev–Trinajstić information content (AvgIpc) is 2.43. The summed E-state index contributed by atoms with van der Waals surface area (Å²) in [7, 11) is 0. The number of piperazine rings is 1. The van der Waals surface area contributed by atoms with E-state index < -0.39 is 0 Å². The minimum Gasteiger partial charge on any atom is -0.314 e. The summed E-state index contributed by atoms with van der Waals surface area (Å²) in [5.41, 5.74) is 4.38. The summed E-state index contributed by atoms with van der Waals surface area (Å²) in [4.78, 5) is 2.68. The second kappa shape index (κ2) is 7.24. The van der Waals surface area contributed by atoms with Gasteiger partial charge in [0.1, 0.15) is 0 Å². The van der Waals surface area contributed by atoms with Crippen LogP contribution in [0.2, 0.25) is 0 Å². The highest BCUT2D eigenvalue weighted by Gasteiger charge is 2.23. The maximum atomic E-state index is 3.47. The zero-order chi connectivity index (χ0) is 14.5. The molecule has 1 heterocycles. The average molecular weight is 274 g/mol. The zero-order valence-electron chi connectivity index (χ0n) is 13.6. The third kappa shape index (κ3) is 4.07. The number of hydrogen-bond acceptors (Lipinski definition) is 2. The van der Waals surface area contributed by atoms with Gasteiger partial charge in [0.2, 0.25) is 0 Å². The molecular formula is C18H30N2. The molecule has 0 spiro atoms. The van der Waals surface area contributed by atoms with Gasteiger partial charge in [0.05, 0.1) is 0 Å². The van der Waals surface area contributed by atoms with E-state index >= 15 is 0 Å². The Hall–Kier alpha value is -0.860. The third-order valence-corrected chi connectivity index (χ3v) is 4.40. The predicted molar refractivity (Wildman–Crippen MR) is 87.2 cm³/mol. The van der Waals surface area contributed by atoms with Crippen molar-refractivity contribution in [1.29, 1.82) is 0 Å². The molecule has 0 aliphatic carbocycles. The van der Waals surface area contributed by atoms with Gasteiger partial charge in [0.25, 0.3) is 0 Å². The standard InChI is InChI=1S/C18H30N2/c1-14(2)5-8-18(20-11-9-19-10-12-20)17-13-15(3)6-7-16(17)4/h6-7,13-14,18-19H,5,8-12H2,1-4H3/t18-/m0/s1. The van der Waals surface area contributed by atoms with Crippen LogP contribution in [0.3, 0.4) is 0 Å². The minimum atomic E-state index is 0.597. The Morgan fingerprint density at radius 2 is 1.80 bits per heavy atom. The van der Waals surface area contributed by atoms with Crippen molar-refractivity contribution in [3.05, 3.63) is 34.9 Å². The van der Waals surface area contributed by atoms with Gasteiger partial charge in [0.15, 0.2) is 0 Å². The quantitative estimate of drug-likeness (QED) is 0.881. The van der Waals surface area contributed by atoms with Crippen LogP contribution in [0.15, 0.2) is 18.2 Å². The van der Waals surface area contributed by atoms with E-state index in [1.807, 2.05) is 0 Å². The Kier molecular flexibility index (Phi) is 5.62. The van der Waals surface area contributed by atoms with Gasteiger partial charge in [-0.1, -0.05) is 37.6 Å². The van der Waals surface area contributed by atoms with E-state index in [4.69, 9.17) is 0 Å². The predicted octanol–water partition coefficient (Wildman–Crippen LogP) is 3.69. The largest absolute Gasteiger partial charge is 0.314 e. The van der Waals surface area contributed by atoms with Gasteiger partial charge in [-0.25, -0.2) is 0 Å². The Labute approximate surface area is 124 Å². The molecule has 1 N–H and O–H groups in total. The van der Waals surface area contributed by atoms with E-state index in [0.29, 0.717) is 6.04 Å². The van der Waals surface area contributed by atoms with Crippen LogP contribution in [0.4, 0.5) is 0 Å². The Morgan fingerprint density at radius 1 is 1.10 bits per heavy atom. The molecular weight excluding hydrogens is 244 g/mol. The van der Waals surface area contributed by atoms with Gasteiger partial charge in [-0.15, -0.1) is 0 Å². The monoisotopic (exact) mass is 274 g/mol. The topological polar surface area (TPSA) is 15.3 Å². The van der Waals surface area contributed by atoms with Gasteiger partial charge in [-0.2, -0.15) is 0 Å². The van der Waals surface area contributed by atoms with Gasteiger partial charge < -0.3 is 5.32 Å². The van der Waals surface area contributed by atoms with Crippen LogP contribution in [0.25, 0.3) is 0 Å². The fourth-order valence-electron chi connectivity index (χ4n) is 3.14. The molecule has 1 fully saturated rings. The van der Waals surface area contributed by atoms with E-state index in [1.165, 1.54) is 37.1 Å². The van der Waals surface area contributed by atoms with Crippen molar-refractivity contribution >= 4 is 0 Å². The van der Waals surface area contributed by atoms with Crippen LogP contribution in [-0.4, -0.2) is 31.1 Å². The van der Waals surface area contributed by atoms with Crippen molar-refractivity contribution in [2.45, 2.75) is 46.6 Å². The first kappa shape index (κ1) is 15.5. The molecule has 2 rings (SSSR count). The summed E-state index contributed by atoms with van der Waals surface area (Å²) in [5.74, 6) is 0.783. The molecule has 0 radical (unpaired) electrons. The van der Waals surface area contributed by atoms with Crippen LogP contribution in [-0.2, 0) is 0 Å². The lowest BCUT2D eigenvalue weighted by molar-refractivity contribution is 0.159. The molecule has 1 atom stereocenters. The normalized spacial score (nSPS) is 18.4. The Morgan fingerprint density at radius 3 is 2.45 bits per heavy atom. The maximum Gasteiger partial charge on any atom is 0.0352 e. The Bertz CT molecular complexity index is 419. The van der Waals surface area contributed by atoms with E-state index in [1.54, 1.807) is 5.56 Å². The summed E-state index contributed by atoms with van der Waals surface area (Å²) in [6.07, 6.45) is 2.59. The lowest BCUT2D eigenvalue weighted by atomic mass is 9.92. The molecule has 0 bridgehead atoms. The number of hydrogen-bond donors (Lipinski definition) is 1. The molecule has 1 aromatic carbocycles. The molecule has 0 unspecified atom stereocenters. The van der Waals surface area contributed by atoms with Crippen molar-refractivity contribution < 1.29 is 0 Å². The molecule has 112 valence electrons. The summed E-state index contributed by atoms with van der Waals surface area (Å²) < 4.78 is 0. The van der Waals surface area contributed by atoms with Crippen LogP contribution in [0.1, 0.15) is 49.4 Å². The zero-order valence-corrected chi connectivity index (χ0v) is 13.6. The van der Waals surface area contributed by atoms with E-state index in [-0.39, 0.29) is 0 Å². The number of nitrogens with one attached hydrogen (secondary N) is 1. The molecule has 0 saturated carbocycles. The second-order valence-corrected chi connectivity index (χ2v) is 6.63. The van der Waals surface area contributed by atoms with Crippen molar-refractivity contribution in [3.8, 4) is 0 Å². The highest BCUT2D eigenvalue weighted by Crippen LogP contribution is 2.30. The molecule has 1 aliphatic rings. The molecule has 0 amide bonds. The van der Waals surface area contributed by atoms with Gasteiger partial charge >= 0.3 is 0 Å². The van der Waals surface area contributed by atoms with E-state index in [2.05, 4.69) is 56.1 Å². The third-order valence-electron chi connectivity index (χ3n) is 4.40. The fourth-order valence-corrected chi connectivity index (χ4v) is 3.14. The molecule has 2 heteroatoms. The fraction of sp³-hybridized carbons (Fsp3) is 0.667. The van der Waals surface area contributed by atoms with Crippen LogP contribution >= 0.6 is 0 Å². The smallest absolute Gasteiger partial charge is 0.0352 e. The van der Waals surface area contributed by atoms with Crippen LogP contribution < -0.4 is 5.32 Å². The highest BCUT2D eigenvalue weighted by molar-refractivity contribution is 5.33. The molecule has 2 nitrogen and oxygen atoms in total. The highest BCUT2D eigenvalue weighted by atomic mass is 15.2. The molecule has 0 aromatic heterocycles. The molecule has 1 saturated heterocycles. The minimum absolute atomic E-state index is 0.597. The Balaban J connectivity index is 2.21. The number of aryl methyl sites for hydroxylation is 2. The summed E-state index contributed by atoms with van der Waals surface area (Å²) >= 11 is 0. The van der Waals surface area contributed by atoms with Crippen molar-refractivity contribution in [1.82, 2.24) is 10.2 Å². The number of nitrogens with zero attached hydrogens (tertiary/aromatic N) is 1. The molecule has 1 aromatic rings. The SMILES string of the molecule is Cc1ccc(C)c([C@H](CCC(C)C)N2CCNCC2)c1. The van der Waals surface area contributed by atoms with Crippen molar-refractivity contribution in [3.63, 3.8) is 0 Å². The summed E-state index contributed by atoms with van der Waals surface area (Å²) in [5, 5.41) is 3.47. The number of rotatable bonds is 5. The van der Waals surface area contributed by atoms with Crippen molar-refractivity contribution in [2.24, 2.45) is 5.92 Å². The first-order chi connectivity index (χ1) is 9.58. The molecule has 20 heavy (non-hydrogen) atoms. The molecule has 1 aliphatic heterocycles. The van der Waals surface area contributed by atoms with Crippen molar-refractivity contribution in [2.75, 3.05) is 26.2 Å². The van der Waals surface area contributed by atoms with Gasteiger partial charge in [0, 0.05) is 32.2 Å². The van der Waals surface area contributed by atoms with Gasteiger partial charge in [-0.05, 0) is 43.7 Å². The summed E-state index contributed by atoms with van der Waals surface area (Å²) in [6.45, 7) is 13.7. The first-order valence-electron chi connectivity index (χ1n) is 8.10. The summed E-state index contributed by atoms with van der Waals surface area (Å²) in [6, 6.07) is 7.52. The number of benzene rings is 1. The first-order valence-corrected chi connectivity index (χ1v) is 8.10. The van der Waals surface area contributed by atoms with E-state index in [9.17, 15) is 0 Å². The lowest BCUT2D eigenvalue weighted by Crippen LogP contribution is -2.45. The van der Waals surface area contributed by atoms with Crippen LogP contribution in [0.5, 0.6) is 0 Å².